The van der Waals surface area contributed by atoms with Gasteiger partial charge in [-0.15, -0.1) is 38.1 Å². The highest BCUT2D eigenvalue weighted by Gasteiger charge is 2.57. The largest absolute Gasteiger partial charge is 0.489 e. The van der Waals surface area contributed by atoms with E-state index in [9.17, 15) is 5.11 Å². The number of ether oxygens (including phenoxy) is 5. The molecule has 6 nitrogen and oxygen atoms in total. The number of hydrogen-bond donors (Lipinski definition) is 1. The van der Waals surface area contributed by atoms with E-state index in [-0.39, 0.29) is 38.3 Å². The third kappa shape index (κ3) is 9.21. The van der Waals surface area contributed by atoms with Gasteiger partial charge in [-0.3, -0.25) is 0 Å². The van der Waals surface area contributed by atoms with Crippen molar-refractivity contribution >= 4 is 23.4 Å². The molecule has 0 bridgehead atoms. The predicted octanol–water partition coefficient (Wildman–Crippen LogP) is 7.23. The van der Waals surface area contributed by atoms with Gasteiger partial charge in [0.15, 0.2) is 4.93 Å². The smallest absolute Gasteiger partial charge is 0.168 e. The molecule has 3 rings (SSSR count). The average molecular weight is 641 g/mol. The van der Waals surface area contributed by atoms with Crippen LogP contribution in [0.15, 0.2) is 99.7 Å². The molecular formula is C36H45ClO6S. The summed E-state index contributed by atoms with van der Waals surface area (Å²) < 4.78 is 31.0. The van der Waals surface area contributed by atoms with Crippen molar-refractivity contribution in [1.82, 2.24) is 0 Å². The summed E-state index contributed by atoms with van der Waals surface area (Å²) in [4.78, 5) is -1.67. The number of halogens is 1. The quantitative estimate of drug-likeness (QED) is 0.121. The zero-order valence-corrected chi connectivity index (χ0v) is 27.2. The Morgan fingerprint density at radius 1 is 0.818 bits per heavy atom. The van der Waals surface area contributed by atoms with Crippen LogP contribution in [-0.2, 0) is 36.7 Å². The van der Waals surface area contributed by atoms with Crippen molar-refractivity contribution in [3.8, 4) is 5.75 Å². The van der Waals surface area contributed by atoms with Crippen LogP contribution < -0.4 is 4.74 Å². The van der Waals surface area contributed by atoms with Crippen molar-refractivity contribution < 1.29 is 28.8 Å². The van der Waals surface area contributed by atoms with E-state index < -0.39 is 23.2 Å². The van der Waals surface area contributed by atoms with Crippen LogP contribution in [0.25, 0.3) is 0 Å². The van der Waals surface area contributed by atoms with Crippen molar-refractivity contribution in [2.45, 2.75) is 48.3 Å². The van der Waals surface area contributed by atoms with Gasteiger partial charge < -0.3 is 28.8 Å². The Hall–Kier alpha value is -2.62. The highest BCUT2D eigenvalue weighted by atomic mass is 35.5. The lowest BCUT2D eigenvalue weighted by atomic mass is 9.91. The van der Waals surface area contributed by atoms with Crippen LogP contribution in [0.2, 0.25) is 5.02 Å². The average Bonchev–Trinajstić information content (AvgIpc) is 3.03. The second-order valence-corrected chi connectivity index (χ2v) is 12.2. The zero-order chi connectivity index (χ0) is 32.0. The van der Waals surface area contributed by atoms with Crippen LogP contribution in [0, 0.1) is 0 Å². The van der Waals surface area contributed by atoms with Crippen molar-refractivity contribution in [2.75, 3.05) is 39.6 Å². The summed E-state index contributed by atoms with van der Waals surface area (Å²) in [7, 11) is 0. The summed E-state index contributed by atoms with van der Waals surface area (Å²) in [5, 5.41) is 13.1. The number of aliphatic hydroxyl groups is 1. The minimum Gasteiger partial charge on any atom is -0.489 e. The molecule has 0 aromatic heterocycles. The summed E-state index contributed by atoms with van der Waals surface area (Å²) in [6, 6.07) is 12.1. The van der Waals surface area contributed by atoms with Crippen LogP contribution in [0.5, 0.6) is 5.75 Å². The minimum absolute atomic E-state index is 0.167. The molecule has 238 valence electrons. The Bertz CT molecular complexity index is 1250. The molecule has 1 aliphatic rings. The van der Waals surface area contributed by atoms with E-state index in [1.165, 1.54) is 17.3 Å². The van der Waals surface area contributed by atoms with Gasteiger partial charge in [-0.05, 0) is 41.7 Å². The van der Waals surface area contributed by atoms with Gasteiger partial charge in [0.25, 0.3) is 0 Å². The maximum absolute atomic E-state index is 12.9. The fourth-order valence-corrected chi connectivity index (χ4v) is 6.94. The van der Waals surface area contributed by atoms with E-state index in [4.69, 9.17) is 35.3 Å². The minimum atomic E-state index is -1.67. The first-order valence-electron chi connectivity index (χ1n) is 14.8. The van der Waals surface area contributed by atoms with E-state index in [0.29, 0.717) is 29.4 Å². The third-order valence-corrected chi connectivity index (χ3v) is 9.02. The van der Waals surface area contributed by atoms with Crippen molar-refractivity contribution in [2.24, 2.45) is 0 Å². The molecular weight excluding hydrogens is 596 g/mol. The van der Waals surface area contributed by atoms with Crippen LogP contribution in [0.3, 0.4) is 0 Å². The van der Waals surface area contributed by atoms with Gasteiger partial charge in [-0.2, -0.15) is 0 Å². The Morgan fingerprint density at radius 3 is 2.02 bits per heavy atom. The van der Waals surface area contributed by atoms with E-state index >= 15 is 0 Å². The molecule has 0 aliphatic carbocycles. The van der Waals surface area contributed by atoms with Crippen molar-refractivity contribution in [1.29, 1.82) is 0 Å². The zero-order valence-electron chi connectivity index (χ0n) is 25.6. The molecule has 1 unspecified atom stereocenters. The second kappa shape index (κ2) is 18.4. The van der Waals surface area contributed by atoms with Gasteiger partial charge in [0.1, 0.15) is 30.7 Å². The van der Waals surface area contributed by atoms with Crippen LogP contribution in [-0.4, -0.2) is 68.3 Å². The van der Waals surface area contributed by atoms with Gasteiger partial charge in [0.05, 0.1) is 38.3 Å². The molecule has 0 radical (unpaired) electrons. The lowest BCUT2D eigenvalue weighted by Crippen LogP contribution is -2.61. The molecule has 0 amide bonds. The normalized spacial score (nSPS) is 23.1. The molecule has 1 heterocycles. The lowest BCUT2D eigenvalue weighted by Gasteiger charge is -2.50. The SMILES string of the molecule is C=CCOC[C@H]1SC(O)(c2cc(Cc3ccc(CC)cc3)c(Cl)cc2OCC=C)[C@H](OCC=C)[C@@H](OCC=C)[C@H]1OCC=C. The molecule has 1 fully saturated rings. The van der Waals surface area contributed by atoms with E-state index in [1.54, 1.807) is 36.4 Å². The van der Waals surface area contributed by atoms with Gasteiger partial charge >= 0.3 is 0 Å². The summed E-state index contributed by atoms with van der Waals surface area (Å²) in [6.07, 6.45) is 7.68. The highest BCUT2D eigenvalue weighted by molar-refractivity contribution is 8.00. The Balaban J connectivity index is 2.20. The third-order valence-electron chi connectivity index (χ3n) is 7.15. The Morgan fingerprint density at radius 2 is 1.41 bits per heavy atom. The van der Waals surface area contributed by atoms with Crippen LogP contribution in [0.1, 0.15) is 29.2 Å². The number of thioether (sulfide) groups is 1. The Kier molecular flexibility index (Phi) is 15.0. The predicted molar refractivity (Wildman–Crippen MR) is 182 cm³/mol. The molecule has 1 aliphatic heterocycles. The van der Waals surface area contributed by atoms with Gasteiger partial charge in [-0.1, -0.05) is 79.7 Å². The summed E-state index contributed by atoms with van der Waals surface area (Å²) in [6.45, 7) is 22.6. The molecule has 1 N–H and O–H groups in total. The molecule has 8 heteroatoms. The van der Waals surface area contributed by atoms with Gasteiger partial charge in [0.2, 0.25) is 0 Å². The first-order chi connectivity index (χ1) is 21.4. The summed E-state index contributed by atoms with van der Waals surface area (Å²) in [5.41, 5.74) is 3.69. The molecule has 5 atom stereocenters. The van der Waals surface area contributed by atoms with Gasteiger partial charge in [0, 0.05) is 10.6 Å². The first kappa shape index (κ1) is 35.9. The molecule has 1 saturated heterocycles. The monoisotopic (exact) mass is 640 g/mol. The number of rotatable bonds is 20. The van der Waals surface area contributed by atoms with Crippen LogP contribution in [0.4, 0.5) is 0 Å². The first-order valence-corrected chi connectivity index (χ1v) is 16.0. The fourth-order valence-electron chi connectivity index (χ4n) is 5.10. The summed E-state index contributed by atoms with van der Waals surface area (Å²) in [5.74, 6) is 0.417. The van der Waals surface area contributed by atoms with E-state index in [1.807, 2.05) is 6.07 Å². The second-order valence-electron chi connectivity index (χ2n) is 10.3. The van der Waals surface area contributed by atoms with Crippen molar-refractivity contribution in [3.63, 3.8) is 0 Å². The topological polar surface area (TPSA) is 66.4 Å². The maximum Gasteiger partial charge on any atom is 0.168 e. The maximum atomic E-state index is 12.9. The van der Waals surface area contributed by atoms with Crippen molar-refractivity contribution in [3.05, 3.63) is 127 Å². The number of hydrogen-bond acceptors (Lipinski definition) is 7. The number of aryl methyl sites for hydroxylation is 1. The van der Waals surface area contributed by atoms with Crippen LogP contribution >= 0.6 is 23.4 Å². The fraction of sp³-hybridized carbons (Fsp3) is 0.389. The standard InChI is InChI=1S/C36H45ClO6S/c1-7-17-39-25-32-33(41-19-9-3)34(42-20-10-4)35(43-21-11-5)36(38,44-32)29-23-28(30(37)24-31(29)40-18-8-2)22-27-15-13-26(12-6)14-16-27/h7-11,13-16,23-24,32-35,38H,1-5,12,17-22,25H2,6H3/t32-,33+,34+,35-,36?/m1/s1. The lowest BCUT2D eigenvalue weighted by molar-refractivity contribution is -0.180. The Labute approximate surface area is 272 Å². The van der Waals surface area contributed by atoms with E-state index in [2.05, 4.69) is 64.1 Å². The molecule has 2 aromatic rings. The van der Waals surface area contributed by atoms with E-state index in [0.717, 1.165) is 17.5 Å². The number of benzene rings is 2. The molecule has 0 saturated carbocycles. The van der Waals surface area contributed by atoms with Gasteiger partial charge in [-0.25, -0.2) is 0 Å². The molecule has 0 spiro atoms. The summed E-state index contributed by atoms with van der Waals surface area (Å²) >= 11 is 8.14. The molecule has 44 heavy (non-hydrogen) atoms. The highest BCUT2D eigenvalue weighted by Crippen LogP contribution is 2.53. The molecule has 2 aromatic carbocycles.